The topological polar surface area (TPSA) is 113 Å². The van der Waals surface area contributed by atoms with E-state index in [1.165, 1.54) is 6.33 Å². The lowest BCUT2D eigenvalue weighted by Crippen LogP contribution is -2.49. The molecule has 0 aliphatic carbocycles. The molecule has 0 bridgehead atoms. The summed E-state index contributed by atoms with van der Waals surface area (Å²) < 4.78 is 5.77. The molecular formula is C20H22N4O4. The van der Waals surface area contributed by atoms with E-state index in [9.17, 15) is 14.7 Å². The van der Waals surface area contributed by atoms with Gasteiger partial charge in [0, 0.05) is 11.8 Å². The molecule has 28 heavy (non-hydrogen) atoms. The summed E-state index contributed by atoms with van der Waals surface area (Å²) in [6.07, 6.45) is 5.52. The molecule has 0 unspecified atom stereocenters. The Bertz CT molecular complexity index is 813. The maximum absolute atomic E-state index is 12.3. The minimum Gasteiger partial charge on any atom is -0.394 e. The number of hydrogen-bond donors (Lipinski definition) is 3. The summed E-state index contributed by atoms with van der Waals surface area (Å²) in [6, 6.07) is 10.1. The molecule has 3 rings (SSSR count). The minimum absolute atomic E-state index is 0.109. The Morgan fingerprint density at radius 2 is 1.96 bits per heavy atom. The molecule has 3 atom stereocenters. The van der Waals surface area contributed by atoms with Crippen molar-refractivity contribution >= 4 is 11.8 Å². The van der Waals surface area contributed by atoms with E-state index < -0.39 is 18.2 Å². The molecule has 146 valence electrons. The first kappa shape index (κ1) is 19.7. The van der Waals surface area contributed by atoms with Gasteiger partial charge in [0.1, 0.15) is 12.4 Å². The Kier molecular flexibility index (Phi) is 6.83. The lowest BCUT2D eigenvalue weighted by atomic mass is 10.0. The molecule has 3 N–H and O–H groups in total. The molecule has 2 amide bonds. The minimum atomic E-state index is -0.627. The number of aromatic nitrogens is 2. The molecule has 2 heterocycles. The maximum Gasteiger partial charge on any atom is 0.251 e. The van der Waals surface area contributed by atoms with E-state index in [1.807, 2.05) is 6.07 Å². The van der Waals surface area contributed by atoms with Gasteiger partial charge in [-0.25, -0.2) is 9.97 Å². The Hall–Kier alpha value is -3.10. The van der Waals surface area contributed by atoms with E-state index in [-0.39, 0.29) is 24.8 Å². The first-order chi connectivity index (χ1) is 13.7. The summed E-state index contributed by atoms with van der Waals surface area (Å²) in [5.74, 6) is -0.449. The zero-order chi connectivity index (χ0) is 19.8. The fraction of sp³-hybridized carbons (Fsp3) is 0.300. The number of hydrogen-bond acceptors (Lipinski definition) is 6. The van der Waals surface area contributed by atoms with E-state index in [1.54, 1.807) is 48.7 Å². The number of amides is 2. The number of carbonyl (C=O) groups is 2. The van der Waals surface area contributed by atoms with Crippen molar-refractivity contribution in [2.45, 2.75) is 31.2 Å². The van der Waals surface area contributed by atoms with Crippen molar-refractivity contribution in [3.63, 3.8) is 0 Å². The van der Waals surface area contributed by atoms with E-state index in [0.717, 1.165) is 0 Å². The standard InChI is InChI=1S/C20H22N4O4/c25-12-18-17(24-20(27)14-4-2-1-3-5-14)7-6-16(28-18)10-19(26)22-11-15-8-9-21-13-23-15/h1-9,13,16-18,25H,10-12H2,(H,22,26)(H,24,27)/t16-,17+,18-/m0/s1. The highest BCUT2D eigenvalue weighted by atomic mass is 16.5. The molecule has 0 saturated carbocycles. The zero-order valence-corrected chi connectivity index (χ0v) is 15.2. The molecule has 0 saturated heterocycles. The van der Waals surface area contributed by atoms with E-state index in [2.05, 4.69) is 20.6 Å². The number of rotatable bonds is 7. The van der Waals surface area contributed by atoms with Gasteiger partial charge in [-0.1, -0.05) is 30.4 Å². The van der Waals surface area contributed by atoms with Crippen LogP contribution in [0.4, 0.5) is 0 Å². The van der Waals surface area contributed by atoms with Crippen LogP contribution >= 0.6 is 0 Å². The van der Waals surface area contributed by atoms with Gasteiger partial charge in [0.25, 0.3) is 5.91 Å². The lowest BCUT2D eigenvalue weighted by molar-refractivity contribution is -0.125. The number of carbonyl (C=O) groups excluding carboxylic acids is 2. The average Bonchev–Trinajstić information content (AvgIpc) is 2.74. The summed E-state index contributed by atoms with van der Waals surface area (Å²) in [6.45, 7) is 0.0279. The molecule has 1 aromatic carbocycles. The monoisotopic (exact) mass is 382 g/mol. The number of ether oxygens (including phenoxy) is 1. The van der Waals surface area contributed by atoms with Gasteiger partial charge < -0.3 is 20.5 Å². The first-order valence-corrected chi connectivity index (χ1v) is 8.98. The number of nitrogens with one attached hydrogen (secondary N) is 2. The fourth-order valence-corrected chi connectivity index (χ4v) is 2.83. The highest BCUT2D eigenvalue weighted by Gasteiger charge is 2.29. The van der Waals surface area contributed by atoms with Gasteiger partial charge in [-0.15, -0.1) is 0 Å². The summed E-state index contributed by atoms with van der Waals surface area (Å²) in [7, 11) is 0. The van der Waals surface area contributed by atoms with E-state index in [4.69, 9.17) is 4.74 Å². The van der Waals surface area contributed by atoms with Crippen LogP contribution in [0.5, 0.6) is 0 Å². The van der Waals surface area contributed by atoms with Crippen LogP contribution in [0.25, 0.3) is 0 Å². The molecule has 8 heteroatoms. The summed E-state index contributed by atoms with van der Waals surface area (Å²) in [5, 5.41) is 15.2. The maximum atomic E-state index is 12.3. The molecule has 8 nitrogen and oxygen atoms in total. The Morgan fingerprint density at radius 1 is 1.14 bits per heavy atom. The second-order valence-corrected chi connectivity index (χ2v) is 6.33. The molecule has 2 aromatic rings. The Morgan fingerprint density at radius 3 is 2.68 bits per heavy atom. The second-order valence-electron chi connectivity index (χ2n) is 6.33. The average molecular weight is 382 g/mol. The molecule has 0 fully saturated rings. The molecule has 1 aliphatic heterocycles. The predicted molar refractivity (Wildman–Crippen MR) is 101 cm³/mol. The molecular weight excluding hydrogens is 360 g/mol. The number of benzene rings is 1. The fourth-order valence-electron chi connectivity index (χ4n) is 2.83. The predicted octanol–water partition coefficient (Wildman–Crippen LogP) is 0.597. The van der Waals surface area contributed by atoms with Crippen LogP contribution in [0.2, 0.25) is 0 Å². The lowest BCUT2D eigenvalue weighted by Gasteiger charge is -2.31. The second kappa shape index (κ2) is 9.72. The van der Waals surface area contributed by atoms with Crippen LogP contribution in [0.3, 0.4) is 0 Å². The van der Waals surface area contributed by atoms with Gasteiger partial charge in [0.2, 0.25) is 5.91 Å². The molecule has 0 spiro atoms. The smallest absolute Gasteiger partial charge is 0.251 e. The summed E-state index contributed by atoms with van der Waals surface area (Å²) in [4.78, 5) is 32.3. The first-order valence-electron chi connectivity index (χ1n) is 8.98. The van der Waals surface area contributed by atoms with Gasteiger partial charge in [0.05, 0.1) is 37.4 Å². The third-order valence-corrected chi connectivity index (χ3v) is 4.29. The normalized spacial score (nSPS) is 21.1. The number of nitrogens with zero attached hydrogens (tertiary/aromatic N) is 2. The largest absolute Gasteiger partial charge is 0.394 e. The molecule has 0 radical (unpaired) electrons. The van der Waals surface area contributed by atoms with Crippen LogP contribution < -0.4 is 10.6 Å². The highest BCUT2D eigenvalue weighted by Crippen LogP contribution is 2.16. The van der Waals surface area contributed by atoms with Gasteiger partial charge in [-0.3, -0.25) is 9.59 Å². The third kappa shape index (κ3) is 5.45. The van der Waals surface area contributed by atoms with Crippen molar-refractivity contribution in [2.75, 3.05) is 6.61 Å². The van der Waals surface area contributed by atoms with Crippen LogP contribution in [0.15, 0.2) is 61.1 Å². The van der Waals surface area contributed by atoms with Gasteiger partial charge in [-0.05, 0) is 18.2 Å². The Balaban J connectivity index is 1.52. The highest BCUT2D eigenvalue weighted by molar-refractivity contribution is 5.94. The quantitative estimate of drug-likeness (QED) is 0.605. The van der Waals surface area contributed by atoms with Gasteiger partial charge in [-0.2, -0.15) is 0 Å². The van der Waals surface area contributed by atoms with Crippen molar-refractivity contribution in [1.29, 1.82) is 0 Å². The van der Waals surface area contributed by atoms with Crippen LogP contribution in [0, 0.1) is 0 Å². The van der Waals surface area contributed by atoms with Crippen LogP contribution in [0.1, 0.15) is 22.5 Å². The van der Waals surface area contributed by atoms with Crippen LogP contribution in [-0.4, -0.2) is 51.7 Å². The van der Waals surface area contributed by atoms with Crippen LogP contribution in [-0.2, 0) is 16.1 Å². The Labute approximate surface area is 162 Å². The van der Waals surface area contributed by atoms with Crippen molar-refractivity contribution in [2.24, 2.45) is 0 Å². The van der Waals surface area contributed by atoms with Gasteiger partial charge in [0.15, 0.2) is 0 Å². The summed E-state index contributed by atoms with van der Waals surface area (Å²) >= 11 is 0. The van der Waals surface area contributed by atoms with E-state index in [0.29, 0.717) is 17.8 Å². The SMILES string of the molecule is O=C(C[C@@H]1C=C[C@@H](NC(=O)c2ccccc2)[C@H](CO)O1)NCc1ccncn1. The van der Waals surface area contributed by atoms with Crippen molar-refractivity contribution in [3.05, 3.63) is 72.3 Å². The zero-order valence-electron chi connectivity index (χ0n) is 15.2. The van der Waals surface area contributed by atoms with Crippen molar-refractivity contribution in [3.8, 4) is 0 Å². The number of aliphatic hydroxyl groups is 1. The van der Waals surface area contributed by atoms with Crippen molar-refractivity contribution < 1.29 is 19.4 Å². The van der Waals surface area contributed by atoms with Gasteiger partial charge >= 0.3 is 0 Å². The van der Waals surface area contributed by atoms with E-state index >= 15 is 0 Å². The number of aliphatic hydroxyl groups excluding tert-OH is 1. The third-order valence-electron chi connectivity index (χ3n) is 4.29. The summed E-state index contributed by atoms with van der Waals surface area (Å²) in [5.41, 5.74) is 1.24. The molecule has 1 aliphatic rings. The molecule has 1 aromatic heterocycles. The van der Waals surface area contributed by atoms with Crippen molar-refractivity contribution in [1.82, 2.24) is 20.6 Å².